The smallest absolute Gasteiger partial charge is 0.503 e. The highest BCUT2D eigenvalue weighted by atomic mass is 32.1. The minimum atomic E-state index is -2.05. The third-order valence-electron chi connectivity index (χ3n) is 2.87. The molecule has 0 aliphatic carbocycles. The summed E-state index contributed by atoms with van der Waals surface area (Å²) in [5.41, 5.74) is 2.49. The zero-order chi connectivity index (χ0) is 14.1. The van der Waals surface area contributed by atoms with Crippen molar-refractivity contribution in [2.75, 3.05) is 19.5 Å². The summed E-state index contributed by atoms with van der Waals surface area (Å²) in [4.78, 5) is 0. The van der Waals surface area contributed by atoms with E-state index in [9.17, 15) is 0 Å². The fourth-order valence-electron chi connectivity index (χ4n) is 1.80. The second-order valence-electron chi connectivity index (χ2n) is 4.38. The molecule has 0 saturated heterocycles. The predicted molar refractivity (Wildman–Crippen MR) is 84.4 cm³/mol. The maximum Gasteiger partial charge on any atom is 0.549 e. The van der Waals surface area contributed by atoms with E-state index in [1.54, 1.807) is 7.11 Å². The molecule has 0 fully saturated rings. The Balaban J connectivity index is 2.71. The van der Waals surface area contributed by atoms with Crippen LogP contribution >= 0.6 is 12.6 Å². The van der Waals surface area contributed by atoms with Crippen LogP contribution in [-0.2, 0) is 15.3 Å². The van der Waals surface area contributed by atoms with Gasteiger partial charge in [0, 0.05) is 13.7 Å². The molecule has 0 aromatic heterocycles. The third-order valence-corrected chi connectivity index (χ3v) is 4.53. The van der Waals surface area contributed by atoms with Crippen LogP contribution < -0.4 is 4.43 Å². The van der Waals surface area contributed by atoms with Crippen molar-refractivity contribution in [1.82, 2.24) is 0 Å². The van der Waals surface area contributed by atoms with Gasteiger partial charge in [0.2, 0.25) is 0 Å². The van der Waals surface area contributed by atoms with Crippen molar-refractivity contribution in [3.05, 3.63) is 29.3 Å². The van der Waals surface area contributed by atoms with Crippen molar-refractivity contribution in [2.45, 2.75) is 33.1 Å². The molecule has 1 unspecified atom stereocenters. The lowest BCUT2D eigenvalue weighted by molar-refractivity contribution is 0.166. The molecule has 0 aliphatic heterocycles. The van der Waals surface area contributed by atoms with Crippen LogP contribution in [0.3, 0.4) is 0 Å². The summed E-state index contributed by atoms with van der Waals surface area (Å²) in [6.07, 6.45) is 3.07. The maximum atomic E-state index is 5.89. The monoisotopic (exact) mass is 300 g/mol. The van der Waals surface area contributed by atoms with E-state index in [1.807, 2.05) is 12.1 Å². The number of hydrogen-bond donors (Lipinski definition) is 1. The molecule has 0 spiro atoms. The molecule has 0 saturated carbocycles. The van der Waals surface area contributed by atoms with E-state index in [0.717, 1.165) is 30.8 Å². The van der Waals surface area contributed by atoms with Gasteiger partial charge in [-0.2, -0.15) is 12.6 Å². The molecule has 0 aliphatic rings. The van der Waals surface area contributed by atoms with Crippen molar-refractivity contribution in [3.8, 4) is 5.75 Å². The van der Waals surface area contributed by atoms with E-state index in [1.165, 1.54) is 11.1 Å². The van der Waals surface area contributed by atoms with Crippen molar-refractivity contribution in [1.29, 1.82) is 0 Å². The zero-order valence-electron chi connectivity index (χ0n) is 12.0. The van der Waals surface area contributed by atoms with Crippen LogP contribution in [0.5, 0.6) is 5.75 Å². The van der Waals surface area contributed by atoms with Crippen LogP contribution in [0, 0.1) is 6.92 Å². The van der Waals surface area contributed by atoms with Crippen molar-refractivity contribution >= 4 is 22.2 Å². The third kappa shape index (κ3) is 5.56. The molecular weight excluding hydrogens is 276 g/mol. The Labute approximate surface area is 123 Å². The molecule has 108 valence electrons. The Morgan fingerprint density at radius 2 is 2.11 bits per heavy atom. The highest BCUT2D eigenvalue weighted by molar-refractivity contribution is 7.80. The molecule has 0 amide bonds. The minimum absolute atomic E-state index is 0.684. The molecule has 1 aromatic carbocycles. The molecule has 5 heteroatoms. The maximum absolute atomic E-state index is 5.89. The summed E-state index contributed by atoms with van der Waals surface area (Å²) in [6, 6.07) is 6.15. The summed E-state index contributed by atoms with van der Waals surface area (Å²) in [7, 11) is -0.403. The fraction of sp³-hybridized carbons (Fsp3) is 0.571. The number of thiol groups is 1. The predicted octanol–water partition coefficient (Wildman–Crippen LogP) is 3.03. The lowest BCUT2D eigenvalue weighted by Crippen LogP contribution is -2.29. The summed E-state index contributed by atoms with van der Waals surface area (Å²) in [5, 5.41) is 0. The minimum Gasteiger partial charge on any atom is -0.503 e. The summed E-state index contributed by atoms with van der Waals surface area (Å²) in [6.45, 7) is 4.84. The second kappa shape index (κ2) is 9.42. The van der Waals surface area contributed by atoms with E-state index in [2.05, 4.69) is 32.5 Å². The van der Waals surface area contributed by atoms with Gasteiger partial charge in [-0.25, -0.2) is 0 Å². The molecule has 1 aromatic rings. The molecule has 0 radical (unpaired) electrons. The van der Waals surface area contributed by atoms with Crippen LogP contribution in [-0.4, -0.2) is 29.0 Å². The normalized spacial score (nSPS) is 12.4. The van der Waals surface area contributed by atoms with Gasteiger partial charge in [-0.05, 0) is 49.1 Å². The molecule has 3 nitrogen and oxygen atoms in total. The summed E-state index contributed by atoms with van der Waals surface area (Å²) >= 11 is 4.26. The molecule has 0 bridgehead atoms. The first kappa shape index (κ1) is 16.6. The number of rotatable bonds is 9. The van der Waals surface area contributed by atoms with Gasteiger partial charge in [-0.1, -0.05) is 19.1 Å². The molecule has 1 atom stereocenters. The largest absolute Gasteiger partial charge is 0.549 e. The van der Waals surface area contributed by atoms with E-state index in [0.29, 0.717) is 6.61 Å². The van der Waals surface area contributed by atoms with Crippen LogP contribution in [0.25, 0.3) is 0 Å². The van der Waals surface area contributed by atoms with E-state index in [-0.39, 0.29) is 0 Å². The van der Waals surface area contributed by atoms with Gasteiger partial charge in [0.25, 0.3) is 0 Å². The van der Waals surface area contributed by atoms with Crippen LogP contribution in [0.2, 0.25) is 0 Å². The molecule has 0 N–H and O–H groups in total. The van der Waals surface area contributed by atoms with E-state index >= 15 is 0 Å². The van der Waals surface area contributed by atoms with Gasteiger partial charge < -0.3 is 13.3 Å². The Morgan fingerprint density at radius 1 is 1.32 bits per heavy atom. The highest BCUT2D eigenvalue weighted by Crippen LogP contribution is 2.23. The summed E-state index contributed by atoms with van der Waals surface area (Å²) < 4.78 is 16.8. The topological polar surface area (TPSA) is 27.7 Å². The van der Waals surface area contributed by atoms with Gasteiger partial charge >= 0.3 is 9.53 Å². The van der Waals surface area contributed by atoms with Crippen molar-refractivity contribution < 1.29 is 13.3 Å². The molecule has 0 heterocycles. The molecule has 1 rings (SSSR count). The average molecular weight is 300 g/mol. The van der Waals surface area contributed by atoms with Crippen molar-refractivity contribution in [3.63, 3.8) is 0 Å². The van der Waals surface area contributed by atoms with Gasteiger partial charge in [0.05, 0.1) is 0 Å². The van der Waals surface area contributed by atoms with Crippen LogP contribution in [0.15, 0.2) is 18.2 Å². The average Bonchev–Trinajstić information content (AvgIpc) is 2.43. The Bertz CT molecular complexity index is 374. The second-order valence-corrected chi connectivity index (χ2v) is 6.45. The standard InChI is InChI=1S/C14H24O3SSi/c1-4-10-16-19(15-3)17-14-9-5-7-13(12(14)2)8-6-11-18/h5,7,9,18-19H,4,6,8,10-11H2,1-3H3. The first-order valence-electron chi connectivity index (χ1n) is 6.73. The number of hydrogen-bond acceptors (Lipinski definition) is 4. The first-order chi connectivity index (χ1) is 9.22. The summed E-state index contributed by atoms with van der Waals surface area (Å²) in [5.74, 6) is 1.78. The van der Waals surface area contributed by atoms with Crippen LogP contribution in [0.4, 0.5) is 0 Å². The lowest BCUT2D eigenvalue weighted by atomic mass is 10.0. The Morgan fingerprint density at radius 3 is 2.74 bits per heavy atom. The van der Waals surface area contributed by atoms with Gasteiger partial charge in [0.1, 0.15) is 5.75 Å². The Hall–Kier alpha value is -0.493. The number of aryl methyl sites for hydroxylation is 1. The Kier molecular flexibility index (Phi) is 8.21. The van der Waals surface area contributed by atoms with E-state index < -0.39 is 9.53 Å². The van der Waals surface area contributed by atoms with Gasteiger partial charge in [0.15, 0.2) is 0 Å². The molecular formula is C14H24O3SSi. The lowest BCUT2D eigenvalue weighted by Gasteiger charge is -2.18. The van der Waals surface area contributed by atoms with Crippen LogP contribution in [0.1, 0.15) is 30.9 Å². The first-order valence-corrected chi connectivity index (χ1v) is 8.78. The van der Waals surface area contributed by atoms with Crippen molar-refractivity contribution in [2.24, 2.45) is 0 Å². The number of benzene rings is 1. The quantitative estimate of drug-likeness (QED) is 0.561. The highest BCUT2D eigenvalue weighted by Gasteiger charge is 2.17. The van der Waals surface area contributed by atoms with E-state index in [4.69, 9.17) is 13.3 Å². The SMILES string of the molecule is CCCO[SiH](OC)Oc1cccc(CCCS)c1C. The molecule has 19 heavy (non-hydrogen) atoms. The van der Waals surface area contributed by atoms with Gasteiger partial charge in [-0.3, -0.25) is 0 Å². The zero-order valence-corrected chi connectivity index (χ0v) is 14.1. The fourth-order valence-corrected chi connectivity index (χ4v) is 3.15. The van der Waals surface area contributed by atoms with Gasteiger partial charge in [-0.15, -0.1) is 0 Å².